The number of ether oxygens (including phenoxy) is 2. The van der Waals surface area contributed by atoms with Gasteiger partial charge in [-0.1, -0.05) is 43.2 Å². The maximum atomic E-state index is 12.9. The van der Waals surface area contributed by atoms with E-state index in [0.717, 1.165) is 24.8 Å². The summed E-state index contributed by atoms with van der Waals surface area (Å²) in [4.78, 5) is 12.9. The largest absolute Gasteiger partial charge is 0.359 e. The van der Waals surface area contributed by atoms with Crippen LogP contribution in [0.2, 0.25) is 0 Å². The van der Waals surface area contributed by atoms with Crippen molar-refractivity contribution in [1.82, 2.24) is 0 Å². The topological polar surface area (TPSA) is 35.5 Å². The Balaban J connectivity index is 2.08. The Morgan fingerprint density at radius 2 is 2.13 bits per heavy atom. The summed E-state index contributed by atoms with van der Waals surface area (Å²) in [6.07, 6.45) is 10.0. The molecule has 2 bridgehead atoms. The lowest BCUT2D eigenvalue weighted by atomic mass is 9.58. The monoisotopic (exact) mass is 316 g/mol. The quantitative estimate of drug-likeness (QED) is 0.578. The van der Waals surface area contributed by atoms with Crippen LogP contribution in [-0.2, 0) is 14.3 Å². The van der Waals surface area contributed by atoms with Crippen molar-refractivity contribution in [2.75, 3.05) is 13.9 Å². The fourth-order valence-corrected chi connectivity index (χ4v) is 4.74. The summed E-state index contributed by atoms with van der Waals surface area (Å²) in [5, 5.41) is 0. The van der Waals surface area contributed by atoms with Crippen molar-refractivity contribution in [1.29, 1.82) is 0 Å². The highest BCUT2D eigenvalue weighted by atomic mass is 16.7. The molecule has 3 aliphatic rings. The number of fused-ring (bicyclic) bond motifs is 3. The Bertz CT molecular complexity index is 580. The lowest BCUT2D eigenvalue weighted by molar-refractivity contribution is -0.130. The van der Waals surface area contributed by atoms with Crippen LogP contribution in [0.15, 0.2) is 34.9 Å². The maximum absolute atomic E-state index is 12.9. The first kappa shape index (κ1) is 16.7. The number of carbonyl (C=O) groups excluding carboxylic acids is 1. The number of methoxy groups -OCH3 is 1. The van der Waals surface area contributed by atoms with Gasteiger partial charge in [-0.15, -0.1) is 0 Å². The Hall–Kier alpha value is -1.19. The van der Waals surface area contributed by atoms with Gasteiger partial charge in [0, 0.05) is 25.0 Å². The standard InChI is InChI=1S/C20H28O3/c1-13-9-10-16-19(23-12-22-4)15-8-6-5-7-14(15)18(21)11-17(13)20(16,2)3/h6-8,15-16,19H,5,9-12H2,1-4H3/t15-,16-,19+/m0/s1. The molecule has 1 fully saturated rings. The predicted molar refractivity (Wildman–Crippen MR) is 90.9 cm³/mol. The fourth-order valence-electron chi connectivity index (χ4n) is 4.74. The predicted octanol–water partition coefficient (Wildman–Crippen LogP) is 4.20. The molecule has 3 nitrogen and oxygen atoms in total. The molecule has 0 saturated heterocycles. The summed E-state index contributed by atoms with van der Waals surface area (Å²) >= 11 is 0. The van der Waals surface area contributed by atoms with Crippen LogP contribution in [0.5, 0.6) is 0 Å². The van der Waals surface area contributed by atoms with Crippen LogP contribution in [0.1, 0.15) is 46.5 Å². The van der Waals surface area contributed by atoms with E-state index in [9.17, 15) is 4.79 Å². The number of rotatable bonds is 3. The number of hydrogen-bond donors (Lipinski definition) is 0. The van der Waals surface area contributed by atoms with Crippen LogP contribution in [0.25, 0.3) is 0 Å². The SMILES string of the molecule is COCO[C@@H]1[C@H]2C=CCC=C2C(=O)CC2=C(C)CC[C@@H]1C2(C)C. The van der Waals surface area contributed by atoms with Gasteiger partial charge in [0.05, 0.1) is 6.10 Å². The van der Waals surface area contributed by atoms with Gasteiger partial charge in [0.25, 0.3) is 0 Å². The number of ketones is 1. The van der Waals surface area contributed by atoms with Crippen molar-refractivity contribution in [3.63, 3.8) is 0 Å². The van der Waals surface area contributed by atoms with E-state index in [2.05, 4.69) is 39.0 Å². The van der Waals surface area contributed by atoms with E-state index in [0.29, 0.717) is 12.3 Å². The van der Waals surface area contributed by atoms with E-state index >= 15 is 0 Å². The van der Waals surface area contributed by atoms with Crippen molar-refractivity contribution < 1.29 is 14.3 Å². The minimum atomic E-state index is -0.00673. The van der Waals surface area contributed by atoms with E-state index in [-0.39, 0.29) is 30.0 Å². The second-order valence-corrected chi connectivity index (χ2v) is 7.61. The smallest absolute Gasteiger partial charge is 0.163 e. The third kappa shape index (κ3) is 2.85. The first-order valence-electron chi connectivity index (χ1n) is 8.66. The number of hydrogen-bond acceptors (Lipinski definition) is 3. The molecule has 0 unspecified atom stereocenters. The third-order valence-electron chi connectivity index (χ3n) is 6.01. The van der Waals surface area contributed by atoms with Gasteiger partial charge in [0.15, 0.2) is 5.78 Å². The summed E-state index contributed by atoms with van der Waals surface area (Å²) in [6.45, 7) is 7.04. The molecule has 3 rings (SSSR count). The van der Waals surface area contributed by atoms with Gasteiger partial charge in [0.2, 0.25) is 0 Å². The first-order valence-corrected chi connectivity index (χ1v) is 8.66. The molecule has 0 heterocycles. The van der Waals surface area contributed by atoms with Gasteiger partial charge >= 0.3 is 0 Å². The molecule has 0 aromatic rings. The van der Waals surface area contributed by atoms with Crippen LogP contribution in [0.3, 0.4) is 0 Å². The molecule has 1 saturated carbocycles. The molecule has 0 radical (unpaired) electrons. The van der Waals surface area contributed by atoms with E-state index in [1.54, 1.807) is 7.11 Å². The highest BCUT2D eigenvalue weighted by Gasteiger charge is 2.48. The van der Waals surface area contributed by atoms with E-state index in [1.165, 1.54) is 11.1 Å². The van der Waals surface area contributed by atoms with Crippen molar-refractivity contribution in [3.8, 4) is 0 Å². The minimum Gasteiger partial charge on any atom is -0.359 e. The van der Waals surface area contributed by atoms with Gasteiger partial charge in [-0.2, -0.15) is 0 Å². The van der Waals surface area contributed by atoms with Gasteiger partial charge in [-0.05, 0) is 37.5 Å². The molecule has 0 spiro atoms. The van der Waals surface area contributed by atoms with E-state index < -0.39 is 0 Å². The second kappa shape index (κ2) is 6.37. The summed E-state index contributed by atoms with van der Waals surface area (Å²) in [5.74, 6) is 0.740. The molecule has 0 N–H and O–H groups in total. The fraction of sp³-hybridized carbons (Fsp3) is 0.650. The Morgan fingerprint density at radius 3 is 2.87 bits per heavy atom. The molecular formula is C20H28O3. The number of Topliss-reactive ketones (excluding diaryl/α,β-unsaturated/α-hetero) is 1. The Labute approximate surface area is 139 Å². The van der Waals surface area contributed by atoms with E-state index in [1.807, 2.05) is 0 Å². The normalized spacial score (nSPS) is 33.0. The molecule has 23 heavy (non-hydrogen) atoms. The molecule has 3 heteroatoms. The first-order chi connectivity index (χ1) is 11.0. The molecule has 0 aromatic heterocycles. The molecular weight excluding hydrogens is 288 g/mol. The van der Waals surface area contributed by atoms with Crippen LogP contribution < -0.4 is 0 Å². The Kier molecular flexibility index (Phi) is 4.61. The lowest BCUT2D eigenvalue weighted by Gasteiger charge is -2.49. The van der Waals surface area contributed by atoms with Gasteiger partial charge in [-0.25, -0.2) is 0 Å². The average Bonchev–Trinajstić information content (AvgIpc) is 2.53. The molecule has 0 amide bonds. The minimum absolute atomic E-state index is 0.0000926. The molecule has 3 aliphatic carbocycles. The summed E-state index contributed by atoms with van der Waals surface area (Å²) in [5.41, 5.74) is 3.67. The van der Waals surface area contributed by atoms with Crippen LogP contribution in [-0.4, -0.2) is 25.8 Å². The number of carbonyl (C=O) groups is 1. The number of allylic oxidation sites excluding steroid dienone is 4. The second-order valence-electron chi connectivity index (χ2n) is 7.61. The zero-order valence-electron chi connectivity index (χ0n) is 14.7. The van der Waals surface area contributed by atoms with Gasteiger partial charge in [0.1, 0.15) is 6.79 Å². The highest BCUT2D eigenvalue weighted by Crippen LogP contribution is 2.52. The van der Waals surface area contributed by atoms with Gasteiger partial charge in [-0.3, -0.25) is 4.79 Å². The molecule has 0 aromatic carbocycles. The zero-order valence-corrected chi connectivity index (χ0v) is 14.7. The maximum Gasteiger partial charge on any atom is 0.163 e. The molecule has 3 atom stereocenters. The van der Waals surface area contributed by atoms with Crippen LogP contribution in [0.4, 0.5) is 0 Å². The molecule has 0 aliphatic heterocycles. The highest BCUT2D eigenvalue weighted by molar-refractivity contribution is 5.98. The van der Waals surface area contributed by atoms with Crippen LogP contribution >= 0.6 is 0 Å². The average molecular weight is 316 g/mol. The van der Waals surface area contributed by atoms with Crippen LogP contribution in [0, 0.1) is 17.3 Å². The van der Waals surface area contributed by atoms with Crippen molar-refractivity contribution in [3.05, 3.63) is 34.9 Å². The molecule has 126 valence electrons. The van der Waals surface area contributed by atoms with Crippen molar-refractivity contribution in [2.24, 2.45) is 17.3 Å². The Morgan fingerprint density at radius 1 is 1.35 bits per heavy atom. The summed E-state index contributed by atoms with van der Waals surface area (Å²) < 4.78 is 11.3. The third-order valence-corrected chi connectivity index (χ3v) is 6.01. The van der Waals surface area contributed by atoms with Gasteiger partial charge < -0.3 is 9.47 Å². The zero-order chi connectivity index (χ0) is 16.6. The summed E-state index contributed by atoms with van der Waals surface area (Å²) in [7, 11) is 1.66. The van der Waals surface area contributed by atoms with Crippen molar-refractivity contribution >= 4 is 5.78 Å². The van der Waals surface area contributed by atoms with E-state index in [4.69, 9.17) is 9.47 Å². The summed E-state index contributed by atoms with van der Waals surface area (Å²) in [6, 6.07) is 0. The van der Waals surface area contributed by atoms with Crippen molar-refractivity contribution in [2.45, 2.75) is 52.6 Å². The lowest BCUT2D eigenvalue weighted by Crippen LogP contribution is -2.47.